The molecular weight excluding hydrogens is 600 g/mol. The van der Waals surface area contributed by atoms with Gasteiger partial charge in [-0.2, -0.15) is 0 Å². The number of nitrogens with zero attached hydrogens (tertiary/aromatic N) is 2. The Morgan fingerprint density at radius 3 is 1.30 bits per heavy atom. The fourth-order valence-corrected chi connectivity index (χ4v) is 4.04. The van der Waals surface area contributed by atoms with Gasteiger partial charge < -0.3 is 19.3 Å². The van der Waals surface area contributed by atoms with Crippen molar-refractivity contribution in [2.45, 2.75) is 72.2 Å². The van der Waals surface area contributed by atoms with Gasteiger partial charge in [0, 0.05) is 13.1 Å². The van der Waals surface area contributed by atoms with E-state index in [2.05, 4.69) is 0 Å². The molecule has 0 spiro atoms. The van der Waals surface area contributed by atoms with E-state index in [-0.39, 0.29) is 19.7 Å². The van der Waals surface area contributed by atoms with Gasteiger partial charge in [0.1, 0.15) is 30.9 Å². The van der Waals surface area contributed by atoms with Crippen LogP contribution in [0.4, 0.5) is 9.59 Å². The molecule has 3 rings (SSSR count). The number of carbonyl (C=O) groups excluding carboxylic acids is 3. The second kappa shape index (κ2) is 19.0. The van der Waals surface area contributed by atoms with Gasteiger partial charge in [0.2, 0.25) is 0 Å². The minimum absolute atomic E-state index is 0.144. The molecule has 1 N–H and O–H groups in total. The number of carboxylic acid groups (broad SMARTS) is 1. The second-order valence-electron chi connectivity index (χ2n) is 12.8. The molecule has 0 fully saturated rings. The van der Waals surface area contributed by atoms with Crippen LogP contribution in [0.15, 0.2) is 91.0 Å². The first-order chi connectivity index (χ1) is 22.1. The minimum atomic E-state index is -1.05. The third-order valence-corrected chi connectivity index (χ3v) is 6.22. The van der Waals surface area contributed by atoms with Crippen LogP contribution in [0.1, 0.15) is 58.2 Å². The van der Waals surface area contributed by atoms with Crippen LogP contribution in [0.3, 0.4) is 0 Å². The number of benzene rings is 3. The average molecular weight is 649 g/mol. The summed E-state index contributed by atoms with van der Waals surface area (Å²) in [5, 5.41) is 8.88. The predicted molar refractivity (Wildman–Crippen MR) is 180 cm³/mol. The van der Waals surface area contributed by atoms with E-state index in [9.17, 15) is 19.2 Å². The molecule has 0 aromatic heterocycles. The van der Waals surface area contributed by atoms with Crippen molar-refractivity contribution in [1.29, 1.82) is 0 Å². The van der Waals surface area contributed by atoms with Crippen LogP contribution in [0.5, 0.6) is 0 Å². The Bertz CT molecular complexity index is 1380. The van der Waals surface area contributed by atoms with Gasteiger partial charge in [0.15, 0.2) is 0 Å². The highest BCUT2D eigenvalue weighted by Gasteiger charge is 2.25. The lowest BCUT2D eigenvalue weighted by Gasteiger charge is -2.27. The van der Waals surface area contributed by atoms with Gasteiger partial charge in [-0.05, 0) is 71.1 Å². The molecule has 3 aromatic carbocycles. The molecule has 0 aliphatic rings. The maximum Gasteiger partial charge on any atom is 0.410 e. The molecule has 0 aliphatic carbocycles. The molecule has 0 unspecified atom stereocenters. The van der Waals surface area contributed by atoms with Crippen LogP contribution in [0, 0.1) is 0 Å². The lowest BCUT2D eigenvalue weighted by atomic mass is 10.1. The molecule has 254 valence electrons. The maximum absolute atomic E-state index is 12.5. The standard InChI is InChI=1S/C22H27NO4.C15H21NO4/c1-22(2,3)27-21(25)23(15-14-18-10-6-4-7-11-18)16-20(24)26-17-19-12-8-5-9-13-19;1-15(2,3)20-14(19)16(11-13(17)18)10-9-12-7-5-4-6-8-12/h4-13H,14-17H2,1-3H3;4-8H,9-11H2,1-3H3,(H,17,18). The summed E-state index contributed by atoms with van der Waals surface area (Å²) in [5.74, 6) is -1.51. The summed E-state index contributed by atoms with van der Waals surface area (Å²) < 4.78 is 15.9. The predicted octanol–water partition coefficient (Wildman–Crippen LogP) is 6.76. The van der Waals surface area contributed by atoms with E-state index in [1.54, 1.807) is 41.5 Å². The maximum atomic E-state index is 12.5. The summed E-state index contributed by atoms with van der Waals surface area (Å²) in [6, 6.07) is 28.8. The largest absolute Gasteiger partial charge is 0.480 e. The number of carboxylic acids is 1. The lowest BCUT2D eigenvalue weighted by Crippen LogP contribution is -2.41. The number of rotatable bonds is 12. The minimum Gasteiger partial charge on any atom is -0.480 e. The first-order valence-electron chi connectivity index (χ1n) is 15.6. The molecule has 0 atom stereocenters. The van der Waals surface area contributed by atoms with Crippen molar-refractivity contribution in [1.82, 2.24) is 9.80 Å². The van der Waals surface area contributed by atoms with E-state index < -0.39 is 35.3 Å². The number of aliphatic carboxylic acids is 1. The molecule has 0 aliphatic heterocycles. The quantitative estimate of drug-likeness (QED) is 0.169. The summed E-state index contributed by atoms with van der Waals surface area (Å²) in [4.78, 5) is 50.1. The van der Waals surface area contributed by atoms with Crippen molar-refractivity contribution in [3.8, 4) is 0 Å². The van der Waals surface area contributed by atoms with E-state index in [1.807, 2.05) is 91.0 Å². The second-order valence-corrected chi connectivity index (χ2v) is 12.8. The third kappa shape index (κ3) is 17.4. The zero-order valence-corrected chi connectivity index (χ0v) is 28.3. The molecular formula is C37H48N2O8. The number of ether oxygens (including phenoxy) is 3. The highest BCUT2D eigenvalue weighted by molar-refractivity contribution is 5.78. The van der Waals surface area contributed by atoms with Crippen LogP contribution in [-0.2, 0) is 43.2 Å². The van der Waals surface area contributed by atoms with Gasteiger partial charge >= 0.3 is 24.1 Å². The molecule has 0 bridgehead atoms. The number of hydrogen-bond acceptors (Lipinski definition) is 7. The first-order valence-corrected chi connectivity index (χ1v) is 15.6. The molecule has 0 saturated carbocycles. The normalized spacial score (nSPS) is 10.9. The summed E-state index contributed by atoms with van der Waals surface area (Å²) in [6.45, 7) is 11.0. The Hall–Kier alpha value is -4.86. The molecule has 2 amide bonds. The fourth-order valence-electron chi connectivity index (χ4n) is 4.04. The van der Waals surface area contributed by atoms with Crippen LogP contribution in [-0.4, -0.2) is 76.4 Å². The fraction of sp³-hybridized carbons (Fsp3) is 0.405. The number of esters is 1. The van der Waals surface area contributed by atoms with Crippen LogP contribution >= 0.6 is 0 Å². The number of carbonyl (C=O) groups is 4. The van der Waals surface area contributed by atoms with Crippen molar-refractivity contribution in [3.63, 3.8) is 0 Å². The van der Waals surface area contributed by atoms with Gasteiger partial charge in [0.05, 0.1) is 0 Å². The highest BCUT2D eigenvalue weighted by Crippen LogP contribution is 2.13. The molecule has 47 heavy (non-hydrogen) atoms. The van der Waals surface area contributed by atoms with E-state index in [0.717, 1.165) is 16.7 Å². The van der Waals surface area contributed by atoms with Crippen LogP contribution in [0.2, 0.25) is 0 Å². The molecule has 3 aromatic rings. The van der Waals surface area contributed by atoms with Crippen molar-refractivity contribution in [2.24, 2.45) is 0 Å². The highest BCUT2D eigenvalue weighted by atomic mass is 16.6. The molecule has 10 heteroatoms. The Balaban J connectivity index is 0.000000343. The zero-order valence-electron chi connectivity index (χ0n) is 28.3. The lowest BCUT2D eigenvalue weighted by molar-refractivity contribution is -0.146. The Kier molecular flexibility index (Phi) is 15.5. The molecule has 0 heterocycles. The Morgan fingerprint density at radius 2 is 0.936 bits per heavy atom. The van der Waals surface area contributed by atoms with E-state index in [4.69, 9.17) is 19.3 Å². The summed E-state index contributed by atoms with van der Waals surface area (Å²) in [7, 11) is 0. The first kappa shape index (κ1) is 38.3. The monoisotopic (exact) mass is 648 g/mol. The third-order valence-electron chi connectivity index (χ3n) is 6.22. The van der Waals surface area contributed by atoms with E-state index >= 15 is 0 Å². The topological polar surface area (TPSA) is 123 Å². The van der Waals surface area contributed by atoms with Crippen molar-refractivity contribution >= 4 is 24.1 Å². The van der Waals surface area contributed by atoms with E-state index in [0.29, 0.717) is 25.9 Å². The molecule has 10 nitrogen and oxygen atoms in total. The van der Waals surface area contributed by atoms with Gasteiger partial charge in [-0.1, -0.05) is 91.0 Å². The van der Waals surface area contributed by atoms with E-state index in [1.165, 1.54) is 9.80 Å². The smallest absolute Gasteiger partial charge is 0.410 e. The zero-order chi connectivity index (χ0) is 34.9. The SMILES string of the molecule is CC(C)(C)OC(=O)N(CCc1ccccc1)CC(=O)O.CC(C)(C)OC(=O)N(CCc1ccccc1)CC(=O)OCc1ccccc1. The van der Waals surface area contributed by atoms with Crippen LogP contribution in [0.25, 0.3) is 0 Å². The van der Waals surface area contributed by atoms with Gasteiger partial charge in [-0.15, -0.1) is 0 Å². The Labute approximate surface area is 278 Å². The van der Waals surface area contributed by atoms with Crippen LogP contribution < -0.4 is 0 Å². The number of amides is 2. The number of hydrogen-bond donors (Lipinski definition) is 1. The van der Waals surface area contributed by atoms with Gasteiger partial charge in [-0.25, -0.2) is 9.59 Å². The van der Waals surface area contributed by atoms with Gasteiger partial charge in [0.25, 0.3) is 0 Å². The van der Waals surface area contributed by atoms with Crippen molar-refractivity contribution in [2.75, 3.05) is 26.2 Å². The molecule has 0 saturated heterocycles. The summed E-state index contributed by atoms with van der Waals surface area (Å²) in [6.07, 6.45) is 0.102. The van der Waals surface area contributed by atoms with Gasteiger partial charge in [-0.3, -0.25) is 19.4 Å². The Morgan fingerprint density at radius 1 is 0.574 bits per heavy atom. The average Bonchev–Trinajstić information content (AvgIpc) is 3.00. The molecule has 0 radical (unpaired) electrons. The van der Waals surface area contributed by atoms with Crippen molar-refractivity contribution in [3.05, 3.63) is 108 Å². The summed E-state index contributed by atoms with van der Waals surface area (Å²) in [5.41, 5.74) is 1.77. The summed E-state index contributed by atoms with van der Waals surface area (Å²) >= 11 is 0. The van der Waals surface area contributed by atoms with Crippen molar-refractivity contribution < 1.29 is 38.5 Å².